The Labute approximate surface area is 167 Å². The molecule has 1 fully saturated rings. The molecule has 142 valence electrons. The molecule has 0 spiro atoms. The van der Waals surface area contributed by atoms with Crippen molar-refractivity contribution in [2.24, 2.45) is 0 Å². The number of thiophene rings is 1. The van der Waals surface area contributed by atoms with E-state index in [-0.39, 0.29) is 23.9 Å². The van der Waals surface area contributed by atoms with Crippen LogP contribution in [0.2, 0.25) is 0 Å². The van der Waals surface area contributed by atoms with Crippen LogP contribution in [-0.4, -0.2) is 50.3 Å². The molecule has 28 heavy (non-hydrogen) atoms. The van der Waals surface area contributed by atoms with E-state index in [4.69, 9.17) is 0 Å². The molecule has 6 nitrogen and oxygen atoms in total. The summed E-state index contributed by atoms with van der Waals surface area (Å²) in [5, 5.41) is 1.95. The molecule has 7 heteroatoms. The number of hydrogen-bond donors (Lipinski definition) is 0. The molecule has 1 saturated heterocycles. The van der Waals surface area contributed by atoms with E-state index in [2.05, 4.69) is 4.98 Å². The largest absolute Gasteiger partial charge is 0.337 e. The molecule has 3 aromatic rings. The molecule has 3 aromatic heterocycles. The highest BCUT2D eigenvalue weighted by atomic mass is 32.1. The van der Waals surface area contributed by atoms with Crippen LogP contribution in [0.4, 0.5) is 0 Å². The van der Waals surface area contributed by atoms with Crippen molar-refractivity contribution >= 4 is 23.2 Å². The first-order valence-corrected chi connectivity index (χ1v) is 10.2. The number of amides is 2. The normalized spacial score (nSPS) is 21.0. The van der Waals surface area contributed by atoms with Gasteiger partial charge in [0.05, 0.1) is 29.2 Å². The Kier molecular flexibility index (Phi) is 4.05. The summed E-state index contributed by atoms with van der Waals surface area (Å²) in [6, 6.07) is 11.5. The van der Waals surface area contributed by atoms with Crippen molar-refractivity contribution in [1.82, 2.24) is 19.4 Å². The summed E-state index contributed by atoms with van der Waals surface area (Å²) in [5.74, 6) is 0.0550. The van der Waals surface area contributed by atoms with Gasteiger partial charge in [0, 0.05) is 25.5 Å². The molecule has 2 aliphatic rings. The zero-order valence-corrected chi connectivity index (χ0v) is 16.3. The fourth-order valence-electron chi connectivity index (χ4n) is 4.27. The Morgan fingerprint density at radius 3 is 2.79 bits per heavy atom. The predicted molar refractivity (Wildman–Crippen MR) is 106 cm³/mol. The van der Waals surface area contributed by atoms with Crippen LogP contribution in [0.15, 0.2) is 54.2 Å². The van der Waals surface area contributed by atoms with Crippen molar-refractivity contribution in [2.45, 2.75) is 25.6 Å². The fourth-order valence-corrected chi connectivity index (χ4v) is 5.16. The average Bonchev–Trinajstić information content (AvgIpc) is 3.44. The van der Waals surface area contributed by atoms with Gasteiger partial charge in [-0.1, -0.05) is 6.07 Å². The smallest absolute Gasteiger partial charge is 0.271 e. The minimum Gasteiger partial charge on any atom is -0.337 e. The number of pyridine rings is 1. The van der Waals surface area contributed by atoms with Crippen LogP contribution in [0.1, 0.15) is 37.5 Å². The minimum atomic E-state index is -0.0568. The maximum Gasteiger partial charge on any atom is 0.271 e. The highest BCUT2D eigenvalue weighted by Gasteiger charge is 2.46. The van der Waals surface area contributed by atoms with Crippen LogP contribution in [0.25, 0.3) is 0 Å². The monoisotopic (exact) mass is 392 g/mol. The van der Waals surface area contributed by atoms with E-state index in [0.717, 1.165) is 16.1 Å². The van der Waals surface area contributed by atoms with E-state index in [1.54, 1.807) is 6.20 Å². The number of rotatable bonds is 3. The fraction of sp³-hybridized carbons (Fsp3) is 0.286. The molecule has 0 saturated carbocycles. The molecule has 0 unspecified atom stereocenters. The molecule has 2 aliphatic heterocycles. The number of fused-ring (bicyclic) bond motifs is 3. The van der Waals surface area contributed by atoms with Crippen LogP contribution >= 0.6 is 11.3 Å². The first-order valence-electron chi connectivity index (χ1n) is 9.34. The van der Waals surface area contributed by atoms with Gasteiger partial charge in [-0.05, 0) is 48.2 Å². The quantitative estimate of drug-likeness (QED) is 0.689. The van der Waals surface area contributed by atoms with Gasteiger partial charge in [0.25, 0.3) is 11.8 Å². The van der Waals surface area contributed by atoms with Crippen molar-refractivity contribution < 1.29 is 9.59 Å². The average molecular weight is 392 g/mol. The van der Waals surface area contributed by atoms with E-state index in [9.17, 15) is 9.59 Å². The molecule has 0 aromatic carbocycles. The summed E-state index contributed by atoms with van der Waals surface area (Å²) in [6.07, 6.45) is 3.70. The minimum absolute atomic E-state index is 0.00138. The van der Waals surface area contributed by atoms with Gasteiger partial charge in [-0.2, -0.15) is 0 Å². The number of aromatic nitrogens is 2. The molecule has 0 radical (unpaired) electrons. The SMILES string of the molecule is Cc1ccsc1C(=O)N1C[C@@H]2[C@@H](C1)n1cccc1C(=O)N2Cc1ccccn1. The van der Waals surface area contributed by atoms with E-state index >= 15 is 0 Å². The highest BCUT2D eigenvalue weighted by molar-refractivity contribution is 7.12. The summed E-state index contributed by atoms with van der Waals surface area (Å²) in [4.78, 5) is 35.2. The van der Waals surface area contributed by atoms with Gasteiger partial charge in [-0.3, -0.25) is 14.6 Å². The lowest BCUT2D eigenvalue weighted by Crippen LogP contribution is -2.50. The summed E-state index contributed by atoms with van der Waals surface area (Å²) >= 11 is 1.48. The molecule has 5 rings (SSSR count). The second-order valence-electron chi connectivity index (χ2n) is 7.33. The number of likely N-dealkylation sites (tertiary alicyclic amines) is 1. The summed E-state index contributed by atoms with van der Waals surface area (Å²) in [5.41, 5.74) is 2.54. The Morgan fingerprint density at radius 1 is 1.18 bits per heavy atom. The number of carbonyl (C=O) groups excluding carboxylic acids is 2. The number of carbonyl (C=O) groups is 2. The van der Waals surface area contributed by atoms with Crippen molar-refractivity contribution in [3.05, 3.63) is 76.0 Å². The van der Waals surface area contributed by atoms with Crippen LogP contribution < -0.4 is 0 Å². The predicted octanol–water partition coefficient (Wildman–Crippen LogP) is 2.97. The molecular formula is C21H20N4O2S. The first-order chi connectivity index (χ1) is 13.6. The van der Waals surface area contributed by atoms with E-state index in [0.29, 0.717) is 25.3 Å². The van der Waals surface area contributed by atoms with Gasteiger partial charge >= 0.3 is 0 Å². The number of nitrogens with zero attached hydrogens (tertiary/aromatic N) is 4. The standard InChI is InChI=1S/C21H20N4O2S/c1-14-7-10-28-19(14)21(27)23-12-17-18(13-23)25(11-15-5-2-3-8-22-15)20(26)16-6-4-9-24(16)17/h2-10,17-18H,11-13H2,1H3/t17-,18-/m1/s1. The number of aryl methyl sites for hydroxylation is 1. The molecule has 0 bridgehead atoms. The van der Waals surface area contributed by atoms with E-state index in [1.165, 1.54) is 11.3 Å². The van der Waals surface area contributed by atoms with Gasteiger partial charge in [0.15, 0.2) is 0 Å². The van der Waals surface area contributed by atoms with Crippen LogP contribution in [0, 0.1) is 6.92 Å². The summed E-state index contributed by atoms with van der Waals surface area (Å²) in [6.45, 7) is 3.56. The van der Waals surface area contributed by atoms with Gasteiger partial charge in [0.2, 0.25) is 0 Å². The van der Waals surface area contributed by atoms with Crippen molar-refractivity contribution in [3.63, 3.8) is 0 Å². The lowest BCUT2D eigenvalue weighted by molar-refractivity contribution is 0.0547. The molecular weight excluding hydrogens is 372 g/mol. The van der Waals surface area contributed by atoms with Gasteiger partial charge in [-0.25, -0.2) is 0 Å². The van der Waals surface area contributed by atoms with Crippen LogP contribution in [-0.2, 0) is 6.54 Å². The third-order valence-corrected chi connectivity index (χ3v) is 6.68. The van der Waals surface area contributed by atoms with Crippen LogP contribution in [0.3, 0.4) is 0 Å². The molecule has 0 N–H and O–H groups in total. The lowest BCUT2D eigenvalue weighted by atomic mass is 10.1. The second kappa shape index (κ2) is 6.60. The van der Waals surface area contributed by atoms with Crippen molar-refractivity contribution in [3.8, 4) is 0 Å². The maximum atomic E-state index is 13.2. The van der Waals surface area contributed by atoms with Gasteiger partial charge in [-0.15, -0.1) is 11.3 Å². The Morgan fingerprint density at radius 2 is 2.04 bits per heavy atom. The molecule has 5 heterocycles. The zero-order chi connectivity index (χ0) is 19.3. The molecule has 2 amide bonds. The number of hydrogen-bond acceptors (Lipinski definition) is 4. The van der Waals surface area contributed by atoms with Crippen molar-refractivity contribution in [2.75, 3.05) is 13.1 Å². The third-order valence-electron chi connectivity index (χ3n) is 5.68. The Hall–Kier alpha value is -2.93. The summed E-state index contributed by atoms with van der Waals surface area (Å²) in [7, 11) is 0. The third kappa shape index (κ3) is 2.65. The summed E-state index contributed by atoms with van der Waals surface area (Å²) < 4.78 is 2.04. The second-order valence-corrected chi connectivity index (χ2v) is 8.25. The van der Waals surface area contributed by atoms with Gasteiger partial charge < -0.3 is 14.4 Å². The maximum absolute atomic E-state index is 13.2. The van der Waals surface area contributed by atoms with E-state index < -0.39 is 0 Å². The van der Waals surface area contributed by atoms with E-state index in [1.807, 2.05) is 69.3 Å². The Bertz CT molecular complexity index is 1040. The molecule has 2 atom stereocenters. The zero-order valence-electron chi connectivity index (χ0n) is 15.5. The van der Waals surface area contributed by atoms with Gasteiger partial charge in [0.1, 0.15) is 5.69 Å². The Balaban J connectivity index is 1.48. The van der Waals surface area contributed by atoms with Crippen molar-refractivity contribution in [1.29, 1.82) is 0 Å². The molecule has 0 aliphatic carbocycles. The first kappa shape index (κ1) is 17.2. The topological polar surface area (TPSA) is 58.4 Å². The highest BCUT2D eigenvalue weighted by Crippen LogP contribution is 2.35. The van der Waals surface area contributed by atoms with Crippen LogP contribution in [0.5, 0.6) is 0 Å². The lowest BCUT2D eigenvalue weighted by Gasteiger charge is -2.37.